The van der Waals surface area contributed by atoms with Crippen molar-refractivity contribution in [2.24, 2.45) is 0 Å². The number of hydrogen-bond acceptors (Lipinski definition) is 3. The number of rotatable bonds is 7. The molecule has 2 aromatic rings. The van der Waals surface area contributed by atoms with E-state index in [0.29, 0.717) is 12.4 Å². The first kappa shape index (κ1) is 17.4. The molecule has 0 aliphatic heterocycles. The van der Waals surface area contributed by atoms with E-state index in [1.54, 1.807) is 6.26 Å². The van der Waals surface area contributed by atoms with Gasteiger partial charge in [-0.3, -0.25) is 9.00 Å². The fourth-order valence-corrected chi connectivity index (χ4v) is 2.97. The van der Waals surface area contributed by atoms with Crippen LogP contribution in [0.1, 0.15) is 16.7 Å². The monoisotopic (exact) mass is 331 g/mol. The Bertz CT molecular complexity index is 686. The second-order valence-electron chi connectivity index (χ2n) is 5.33. The Morgan fingerprint density at radius 2 is 1.87 bits per heavy atom. The van der Waals surface area contributed by atoms with Crippen LogP contribution in [0.25, 0.3) is 0 Å². The van der Waals surface area contributed by atoms with Crippen LogP contribution in [0.5, 0.6) is 0 Å². The van der Waals surface area contributed by atoms with Crippen LogP contribution in [-0.2, 0) is 32.7 Å². The smallest absolute Gasteiger partial charge is 0.250 e. The fourth-order valence-electron chi connectivity index (χ4n) is 2.22. The van der Waals surface area contributed by atoms with E-state index in [4.69, 9.17) is 4.74 Å². The second-order valence-corrected chi connectivity index (χ2v) is 6.77. The van der Waals surface area contributed by atoms with Gasteiger partial charge in [0.1, 0.15) is 6.61 Å². The maximum absolute atomic E-state index is 12.0. The van der Waals surface area contributed by atoms with Crippen molar-refractivity contribution >= 4 is 22.4 Å². The summed E-state index contributed by atoms with van der Waals surface area (Å²) in [6.45, 7) is 2.32. The Hall–Kier alpha value is -1.98. The zero-order valence-corrected chi connectivity index (χ0v) is 14.2. The van der Waals surface area contributed by atoms with Gasteiger partial charge in [-0.15, -0.1) is 0 Å². The van der Waals surface area contributed by atoms with Gasteiger partial charge in [0.25, 0.3) is 0 Å². The number of carbonyl (C=O) groups is 1. The first-order valence-electron chi connectivity index (χ1n) is 7.36. The van der Waals surface area contributed by atoms with Gasteiger partial charge in [-0.2, -0.15) is 0 Å². The summed E-state index contributed by atoms with van der Waals surface area (Å²) in [6, 6.07) is 15.3. The quantitative estimate of drug-likeness (QED) is 0.848. The number of ether oxygens (including phenoxy) is 1. The Morgan fingerprint density at radius 3 is 2.57 bits per heavy atom. The van der Waals surface area contributed by atoms with Crippen molar-refractivity contribution in [2.45, 2.75) is 19.3 Å². The molecule has 0 fully saturated rings. The van der Waals surface area contributed by atoms with Gasteiger partial charge >= 0.3 is 0 Å². The van der Waals surface area contributed by atoms with Crippen molar-refractivity contribution in [1.82, 2.24) is 0 Å². The average molecular weight is 331 g/mol. The normalized spacial score (nSPS) is 11.9. The molecule has 0 saturated heterocycles. The lowest BCUT2D eigenvalue weighted by Gasteiger charge is -2.12. The number of benzene rings is 2. The van der Waals surface area contributed by atoms with Gasteiger partial charge < -0.3 is 10.1 Å². The summed E-state index contributed by atoms with van der Waals surface area (Å²) in [5, 5.41) is 2.85. The van der Waals surface area contributed by atoms with Crippen molar-refractivity contribution in [3.63, 3.8) is 0 Å². The lowest BCUT2D eigenvalue weighted by atomic mass is 10.1. The Kier molecular flexibility index (Phi) is 6.50. The molecule has 0 aliphatic rings. The van der Waals surface area contributed by atoms with Gasteiger partial charge in [0.05, 0.1) is 6.61 Å². The summed E-state index contributed by atoms with van der Waals surface area (Å²) in [5.74, 6) is 0.291. The molecule has 0 bridgehead atoms. The highest BCUT2D eigenvalue weighted by atomic mass is 32.2. The summed E-state index contributed by atoms with van der Waals surface area (Å²) in [7, 11) is -0.911. The first-order chi connectivity index (χ1) is 11.1. The molecule has 23 heavy (non-hydrogen) atoms. The summed E-state index contributed by atoms with van der Waals surface area (Å²) in [6.07, 6.45) is 1.67. The third-order valence-electron chi connectivity index (χ3n) is 3.42. The molecule has 0 spiro atoms. The molecular weight excluding hydrogens is 310 g/mol. The molecule has 0 aliphatic carbocycles. The predicted molar refractivity (Wildman–Crippen MR) is 93.7 cm³/mol. The second kappa shape index (κ2) is 8.60. The van der Waals surface area contributed by atoms with Gasteiger partial charge in [0, 0.05) is 28.5 Å². The number of amides is 1. The predicted octanol–water partition coefficient (Wildman–Crippen LogP) is 3.03. The van der Waals surface area contributed by atoms with Crippen LogP contribution in [-0.4, -0.2) is 23.0 Å². The summed E-state index contributed by atoms with van der Waals surface area (Å²) < 4.78 is 16.8. The maximum atomic E-state index is 12.0. The van der Waals surface area contributed by atoms with Crippen molar-refractivity contribution in [2.75, 3.05) is 18.2 Å². The third kappa shape index (κ3) is 5.62. The summed E-state index contributed by atoms with van der Waals surface area (Å²) in [4.78, 5) is 12.0. The van der Waals surface area contributed by atoms with Crippen LogP contribution in [0.15, 0.2) is 48.5 Å². The third-order valence-corrected chi connectivity index (χ3v) is 4.14. The first-order valence-corrected chi connectivity index (χ1v) is 9.09. The van der Waals surface area contributed by atoms with E-state index in [1.807, 2.05) is 55.5 Å². The van der Waals surface area contributed by atoms with E-state index >= 15 is 0 Å². The maximum Gasteiger partial charge on any atom is 0.250 e. The molecule has 1 atom stereocenters. The number of hydrogen-bond donors (Lipinski definition) is 1. The number of carbonyl (C=O) groups excluding carboxylic acids is 1. The number of anilines is 1. The van der Waals surface area contributed by atoms with E-state index in [-0.39, 0.29) is 12.5 Å². The molecule has 5 heteroatoms. The molecule has 122 valence electrons. The molecule has 0 radical (unpaired) electrons. The fraction of sp³-hybridized carbons (Fsp3) is 0.278. The highest BCUT2D eigenvalue weighted by molar-refractivity contribution is 7.83. The molecule has 0 saturated carbocycles. The molecule has 2 aromatic carbocycles. The Balaban J connectivity index is 1.89. The van der Waals surface area contributed by atoms with Gasteiger partial charge in [-0.25, -0.2) is 0 Å². The molecular formula is C18H21NO3S. The largest absolute Gasteiger partial charge is 0.367 e. The van der Waals surface area contributed by atoms with Gasteiger partial charge in [0.15, 0.2) is 0 Å². The average Bonchev–Trinajstić information content (AvgIpc) is 2.52. The summed E-state index contributed by atoms with van der Waals surface area (Å²) >= 11 is 0. The Morgan fingerprint density at radius 1 is 1.13 bits per heavy atom. The molecule has 0 aromatic heterocycles. The van der Waals surface area contributed by atoms with Crippen LogP contribution in [0.3, 0.4) is 0 Å². The van der Waals surface area contributed by atoms with Crippen LogP contribution in [0.4, 0.5) is 5.69 Å². The van der Waals surface area contributed by atoms with Gasteiger partial charge in [0.2, 0.25) is 5.91 Å². The standard InChI is InChI=1S/C18H21NO3S/c1-14-16(13-23(2)21)9-6-10-17(14)19-18(20)12-22-11-15-7-4-3-5-8-15/h3-10H,11-13H2,1-2H3,(H,19,20)/t23-/m0/s1. The minimum Gasteiger partial charge on any atom is -0.367 e. The molecule has 1 N–H and O–H groups in total. The molecule has 1 amide bonds. The number of nitrogens with one attached hydrogen (secondary N) is 1. The lowest BCUT2D eigenvalue weighted by Crippen LogP contribution is -2.19. The topological polar surface area (TPSA) is 55.4 Å². The van der Waals surface area contributed by atoms with Crippen molar-refractivity contribution in [3.05, 3.63) is 65.2 Å². The van der Waals surface area contributed by atoms with E-state index < -0.39 is 10.8 Å². The minimum absolute atomic E-state index is 0.00172. The van der Waals surface area contributed by atoms with Crippen molar-refractivity contribution in [3.8, 4) is 0 Å². The molecule has 0 heterocycles. The summed E-state index contributed by atoms with van der Waals surface area (Å²) in [5.41, 5.74) is 3.69. The van der Waals surface area contributed by atoms with Crippen LogP contribution < -0.4 is 5.32 Å². The van der Waals surface area contributed by atoms with Gasteiger partial charge in [-0.05, 0) is 29.7 Å². The highest BCUT2D eigenvalue weighted by Crippen LogP contribution is 2.20. The van der Waals surface area contributed by atoms with E-state index in [2.05, 4.69) is 5.32 Å². The van der Waals surface area contributed by atoms with Gasteiger partial charge in [-0.1, -0.05) is 42.5 Å². The van der Waals surface area contributed by atoms with Crippen LogP contribution in [0, 0.1) is 6.92 Å². The molecule has 2 rings (SSSR count). The van der Waals surface area contributed by atoms with Crippen LogP contribution in [0.2, 0.25) is 0 Å². The van der Waals surface area contributed by atoms with E-state index in [1.165, 1.54) is 0 Å². The van der Waals surface area contributed by atoms with E-state index in [0.717, 1.165) is 22.4 Å². The lowest BCUT2D eigenvalue weighted by molar-refractivity contribution is -0.121. The minimum atomic E-state index is -0.911. The zero-order chi connectivity index (χ0) is 16.7. The molecule has 4 nitrogen and oxygen atoms in total. The molecule has 0 unspecified atom stereocenters. The highest BCUT2D eigenvalue weighted by Gasteiger charge is 2.09. The van der Waals surface area contributed by atoms with Crippen LogP contribution >= 0.6 is 0 Å². The Labute approximate surface area is 139 Å². The van der Waals surface area contributed by atoms with Crippen molar-refractivity contribution in [1.29, 1.82) is 0 Å². The van der Waals surface area contributed by atoms with Crippen molar-refractivity contribution < 1.29 is 13.7 Å². The zero-order valence-electron chi connectivity index (χ0n) is 13.4. The SMILES string of the molecule is Cc1c(C[S@](C)=O)cccc1NC(=O)COCc1ccccc1. The van der Waals surface area contributed by atoms with E-state index in [9.17, 15) is 9.00 Å².